The molecule has 2 N–H and O–H groups in total. The zero-order chi connectivity index (χ0) is 21.3. The van der Waals surface area contributed by atoms with Crippen LogP contribution in [0.1, 0.15) is 13.8 Å². The molecule has 9 nitrogen and oxygen atoms in total. The Morgan fingerprint density at radius 3 is 2.55 bits per heavy atom. The normalized spacial score (nSPS) is 11.8. The molecule has 3 aromatic rings. The van der Waals surface area contributed by atoms with Gasteiger partial charge in [-0.2, -0.15) is 0 Å². The number of methoxy groups -OCH3 is 1. The summed E-state index contributed by atoms with van der Waals surface area (Å²) >= 11 is 0. The van der Waals surface area contributed by atoms with Gasteiger partial charge in [0.05, 0.1) is 29.5 Å². The summed E-state index contributed by atoms with van der Waals surface area (Å²) in [5, 5.41) is 3.55. The lowest BCUT2D eigenvalue weighted by atomic mass is 10.1. The molecule has 1 aromatic carbocycles. The number of benzene rings is 1. The van der Waals surface area contributed by atoms with Crippen LogP contribution in [-0.4, -0.2) is 43.2 Å². The van der Waals surface area contributed by atoms with Gasteiger partial charge in [-0.1, -0.05) is 0 Å². The van der Waals surface area contributed by atoms with Gasteiger partial charge >= 0.3 is 0 Å². The maximum atomic E-state index is 12.7. The molecule has 2 aromatic heterocycles. The minimum atomic E-state index is -3.66. The summed E-state index contributed by atoms with van der Waals surface area (Å²) < 4.78 is 33.6. The number of aromatic nitrogens is 3. The molecule has 3 rings (SSSR count). The zero-order valence-electron chi connectivity index (χ0n) is 16.8. The first-order valence-electron chi connectivity index (χ1n) is 8.92. The molecule has 10 heteroatoms. The average Bonchev–Trinajstić information content (AvgIpc) is 2.69. The molecular formula is C19H23N5O4S. The third-order valence-corrected chi connectivity index (χ3v) is 5.77. The number of pyridine rings is 1. The fourth-order valence-electron chi connectivity index (χ4n) is 2.91. The first-order valence-corrected chi connectivity index (χ1v) is 10.4. The van der Waals surface area contributed by atoms with Gasteiger partial charge in [0.1, 0.15) is 17.0 Å². The van der Waals surface area contributed by atoms with Crippen LogP contribution in [0.15, 0.2) is 40.3 Å². The summed E-state index contributed by atoms with van der Waals surface area (Å²) in [7, 11) is 0.805. The summed E-state index contributed by atoms with van der Waals surface area (Å²) in [6.07, 6.45) is 1.44. The molecule has 0 saturated carbocycles. The van der Waals surface area contributed by atoms with Crippen molar-refractivity contribution in [2.75, 3.05) is 19.5 Å². The highest BCUT2D eigenvalue weighted by Crippen LogP contribution is 2.33. The van der Waals surface area contributed by atoms with E-state index < -0.39 is 10.0 Å². The molecule has 0 aliphatic carbocycles. The van der Waals surface area contributed by atoms with Crippen LogP contribution in [0.25, 0.3) is 22.2 Å². The van der Waals surface area contributed by atoms with Crippen molar-refractivity contribution in [3.05, 3.63) is 40.9 Å². The van der Waals surface area contributed by atoms with Crippen LogP contribution in [0.3, 0.4) is 0 Å². The van der Waals surface area contributed by atoms with Gasteiger partial charge in [0.2, 0.25) is 10.0 Å². The van der Waals surface area contributed by atoms with Gasteiger partial charge in [0.25, 0.3) is 5.56 Å². The Morgan fingerprint density at radius 1 is 1.21 bits per heavy atom. The van der Waals surface area contributed by atoms with Crippen molar-refractivity contribution in [1.82, 2.24) is 19.3 Å². The van der Waals surface area contributed by atoms with E-state index in [0.29, 0.717) is 33.7 Å². The van der Waals surface area contributed by atoms with Gasteiger partial charge in [0, 0.05) is 18.7 Å². The van der Waals surface area contributed by atoms with Crippen LogP contribution in [0.4, 0.5) is 5.82 Å². The van der Waals surface area contributed by atoms with Gasteiger partial charge in [-0.25, -0.2) is 23.1 Å². The fourth-order valence-corrected chi connectivity index (χ4v) is 3.67. The second-order valence-corrected chi connectivity index (χ2v) is 8.67. The quantitative estimate of drug-likeness (QED) is 0.628. The van der Waals surface area contributed by atoms with Crippen molar-refractivity contribution in [2.45, 2.75) is 24.8 Å². The lowest BCUT2D eigenvalue weighted by Gasteiger charge is -2.15. The largest absolute Gasteiger partial charge is 0.496 e. The second-order valence-electron chi connectivity index (χ2n) is 6.78. The van der Waals surface area contributed by atoms with Crippen molar-refractivity contribution in [3.63, 3.8) is 0 Å². The fraction of sp³-hybridized carbons (Fsp3) is 0.316. The van der Waals surface area contributed by atoms with Crippen molar-refractivity contribution in [1.29, 1.82) is 0 Å². The van der Waals surface area contributed by atoms with E-state index >= 15 is 0 Å². The molecule has 0 aliphatic rings. The van der Waals surface area contributed by atoms with Crippen molar-refractivity contribution >= 4 is 26.7 Å². The Kier molecular flexibility index (Phi) is 5.58. The minimum absolute atomic E-state index is 0.0174. The second kappa shape index (κ2) is 7.80. The Balaban J connectivity index is 2.34. The van der Waals surface area contributed by atoms with Crippen molar-refractivity contribution in [2.24, 2.45) is 7.05 Å². The minimum Gasteiger partial charge on any atom is -0.496 e. The van der Waals surface area contributed by atoms with E-state index in [1.165, 1.54) is 37.2 Å². The number of aryl methyl sites for hydroxylation is 1. The van der Waals surface area contributed by atoms with Crippen LogP contribution >= 0.6 is 0 Å². The van der Waals surface area contributed by atoms with E-state index in [0.717, 1.165) is 0 Å². The molecule has 0 unspecified atom stereocenters. The van der Waals surface area contributed by atoms with E-state index in [4.69, 9.17) is 4.74 Å². The van der Waals surface area contributed by atoms with Crippen molar-refractivity contribution < 1.29 is 13.2 Å². The predicted octanol–water partition coefficient (Wildman–Crippen LogP) is 1.73. The average molecular weight is 417 g/mol. The molecular weight excluding hydrogens is 394 g/mol. The molecule has 29 heavy (non-hydrogen) atoms. The Hall–Kier alpha value is -2.98. The number of sulfonamides is 1. The molecule has 154 valence electrons. The molecule has 0 fully saturated rings. The monoisotopic (exact) mass is 417 g/mol. The van der Waals surface area contributed by atoms with E-state index in [2.05, 4.69) is 20.0 Å². The molecule has 0 atom stereocenters. The Bertz CT molecular complexity index is 1240. The zero-order valence-corrected chi connectivity index (χ0v) is 17.7. The molecule has 0 saturated heterocycles. The first-order chi connectivity index (χ1) is 13.7. The van der Waals surface area contributed by atoms with Gasteiger partial charge < -0.3 is 14.6 Å². The number of nitrogens with zero attached hydrogens (tertiary/aromatic N) is 3. The number of anilines is 1. The lowest BCUT2D eigenvalue weighted by Crippen LogP contribution is -2.21. The number of hydrogen-bond acceptors (Lipinski definition) is 7. The molecule has 2 heterocycles. The predicted molar refractivity (Wildman–Crippen MR) is 112 cm³/mol. The van der Waals surface area contributed by atoms with Crippen LogP contribution < -0.4 is 20.3 Å². The molecule has 0 aliphatic heterocycles. The van der Waals surface area contributed by atoms with Gasteiger partial charge in [-0.3, -0.25) is 4.79 Å². The summed E-state index contributed by atoms with van der Waals surface area (Å²) in [5.41, 5.74) is 1.13. The van der Waals surface area contributed by atoms with Crippen LogP contribution in [0.5, 0.6) is 5.75 Å². The number of ether oxygens (including phenoxy) is 1. The van der Waals surface area contributed by atoms with Crippen LogP contribution in [-0.2, 0) is 17.1 Å². The molecule has 0 bridgehead atoms. The Labute approximate surface area is 168 Å². The SMILES string of the molecule is CNS(=O)(=O)c1ccc(OC)c(-c2cc3ncn(C)c(=O)c3c(NC(C)C)n2)c1. The molecule has 0 radical (unpaired) electrons. The number of nitrogens with one attached hydrogen (secondary N) is 2. The summed E-state index contributed by atoms with van der Waals surface area (Å²) in [6, 6.07) is 6.17. The van der Waals surface area contributed by atoms with Crippen molar-refractivity contribution in [3.8, 4) is 17.0 Å². The van der Waals surface area contributed by atoms with Crippen LogP contribution in [0.2, 0.25) is 0 Å². The highest BCUT2D eigenvalue weighted by atomic mass is 32.2. The van der Waals surface area contributed by atoms with E-state index in [1.807, 2.05) is 13.8 Å². The Morgan fingerprint density at radius 2 is 1.93 bits per heavy atom. The van der Waals surface area contributed by atoms with Gasteiger partial charge in [-0.05, 0) is 45.2 Å². The highest BCUT2D eigenvalue weighted by molar-refractivity contribution is 7.89. The maximum absolute atomic E-state index is 12.7. The van der Waals surface area contributed by atoms with E-state index in [9.17, 15) is 13.2 Å². The standard InChI is InChI=1S/C19H23N5O4S/c1-11(2)22-18-17-15(21-10-24(4)19(17)25)9-14(23-18)13-8-12(29(26,27)20-3)6-7-16(13)28-5/h6-11,20H,1-5H3,(H,22,23). The number of hydrogen-bond donors (Lipinski definition) is 2. The smallest absolute Gasteiger partial charge is 0.264 e. The molecule has 0 spiro atoms. The topological polar surface area (TPSA) is 115 Å². The van der Waals surface area contributed by atoms with Gasteiger partial charge in [-0.15, -0.1) is 0 Å². The van der Waals surface area contributed by atoms with Gasteiger partial charge in [0.15, 0.2) is 0 Å². The first kappa shape index (κ1) is 20.7. The van der Waals surface area contributed by atoms with E-state index in [1.54, 1.807) is 19.2 Å². The van der Waals surface area contributed by atoms with E-state index in [-0.39, 0.29) is 16.5 Å². The third-order valence-electron chi connectivity index (χ3n) is 4.35. The summed E-state index contributed by atoms with van der Waals surface area (Å²) in [4.78, 5) is 21.7. The van der Waals surface area contributed by atoms with Crippen LogP contribution in [0, 0.1) is 0 Å². The summed E-state index contributed by atoms with van der Waals surface area (Å²) in [5.74, 6) is 0.830. The maximum Gasteiger partial charge on any atom is 0.264 e. The lowest BCUT2D eigenvalue weighted by molar-refractivity contribution is 0.416. The highest BCUT2D eigenvalue weighted by Gasteiger charge is 2.19. The summed E-state index contributed by atoms with van der Waals surface area (Å²) in [6.45, 7) is 3.86. The number of fused-ring (bicyclic) bond motifs is 1. The third kappa shape index (κ3) is 3.94. The molecule has 0 amide bonds. The number of rotatable bonds is 6.